The van der Waals surface area contributed by atoms with Crippen LogP contribution in [-0.4, -0.2) is 54.2 Å². The van der Waals surface area contributed by atoms with Gasteiger partial charge in [-0.3, -0.25) is 14.5 Å². The number of Topliss-reactive ketones (excluding diaryl/α,β-unsaturated/α-hetero) is 1. The molecule has 1 aliphatic heterocycles. The number of nitrogens with zero attached hydrogens (tertiary/aromatic N) is 2. The SMILES string of the molecule is O=C(CN1CCN(C(=O)c2ccc(Cl)cc2)CC1)c1ccc(Cl)cc1. The molecule has 3 rings (SSSR count). The zero-order valence-electron chi connectivity index (χ0n) is 13.6. The van der Waals surface area contributed by atoms with Crippen LogP contribution in [0.2, 0.25) is 10.0 Å². The Morgan fingerprint density at radius 1 is 0.760 bits per heavy atom. The summed E-state index contributed by atoms with van der Waals surface area (Å²) in [6.07, 6.45) is 0. The summed E-state index contributed by atoms with van der Waals surface area (Å²) in [6, 6.07) is 13.8. The maximum Gasteiger partial charge on any atom is 0.253 e. The summed E-state index contributed by atoms with van der Waals surface area (Å²) < 4.78 is 0. The zero-order valence-corrected chi connectivity index (χ0v) is 15.1. The van der Waals surface area contributed by atoms with Crippen molar-refractivity contribution in [2.75, 3.05) is 32.7 Å². The molecule has 0 atom stereocenters. The summed E-state index contributed by atoms with van der Waals surface area (Å²) >= 11 is 11.7. The molecule has 0 unspecified atom stereocenters. The number of ketones is 1. The number of piperazine rings is 1. The Morgan fingerprint density at radius 2 is 1.24 bits per heavy atom. The molecule has 0 spiro atoms. The van der Waals surface area contributed by atoms with Crippen LogP contribution in [0.1, 0.15) is 20.7 Å². The van der Waals surface area contributed by atoms with Gasteiger partial charge in [0.1, 0.15) is 0 Å². The second-order valence-corrected chi connectivity index (χ2v) is 6.88. The minimum Gasteiger partial charge on any atom is -0.336 e. The van der Waals surface area contributed by atoms with Crippen molar-refractivity contribution >= 4 is 34.9 Å². The number of hydrogen-bond donors (Lipinski definition) is 0. The molecule has 1 fully saturated rings. The third kappa shape index (κ3) is 4.60. The molecule has 1 heterocycles. The molecule has 0 aromatic heterocycles. The third-order valence-electron chi connectivity index (χ3n) is 4.28. The lowest BCUT2D eigenvalue weighted by atomic mass is 10.1. The largest absolute Gasteiger partial charge is 0.336 e. The van der Waals surface area contributed by atoms with E-state index in [2.05, 4.69) is 4.90 Å². The van der Waals surface area contributed by atoms with Gasteiger partial charge in [-0.1, -0.05) is 23.2 Å². The molecule has 0 radical (unpaired) electrons. The molecule has 0 aliphatic carbocycles. The second-order valence-electron chi connectivity index (χ2n) is 6.01. The Hall–Kier alpha value is -1.88. The quantitative estimate of drug-likeness (QED) is 0.764. The molecular formula is C19H18Cl2N2O2. The first-order chi connectivity index (χ1) is 12.0. The second kappa shape index (κ2) is 8.00. The third-order valence-corrected chi connectivity index (χ3v) is 4.79. The maximum absolute atomic E-state index is 12.5. The van der Waals surface area contributed by atoms with Gasteiger partial charge in [0.25, 0.3) is 5.91 Å². The van der Waals surface area contributed by atoms with Gasteiger partial charge in [0, 0.05) is 47.4 Å². The van der Waals surface area contributed by atoms with Crippen molar-refractivity contribution in [1.29, 1.82) is 0 Å². The highest BCUT2D eigenvalue weighted by atomic mass is 35.5. The van der Waals surface area contributed by atoms with Crippen molar-refractivity contribution < 1.29 is 9.59 Å². The van der Waals surface area contributed by atoms with E-state index in [9.17, 15) is 9.59 Å². The molecule has 4 nitrogen and oxygen atoms in total. The highest BCUT2D eigenvalue weighted by molar-refractivity contribution is 6.31. The van der Waals surface area contributed by atoms with Crippen LogP contribution >= 0.6 is 23.2 Å². The van der Waals surface area contributed by atoms with Crippen LogP contribution in [0.3, 0.4) is 0 Å². The number of benzene rings is 2. The molecular weight excluding hydrogens is 359 g/mol. The van der Waals surface area contributed by atoms with Gasteiger partial charge in [0.05, 0.1) is 6.54 Å². The monoisotopic (exact) mass is 376 g/mol. The van der Waals surface area contributed by atoms with Gasteiger partial charge in [-0.25, -0.2) is 0 Å². The fourth-order valence-electron chi connectivity index (χ4n) is 2.81. The Balaban J connectivity index is 1.53. The number of halogens is 2. The van der Waals surface area contributed by atoms with E-state index < -0.39 is 0 Å². The number of amides is 1. The van der Waals surface area contributed by atoms with Crippen molar-refractivity contribution in [3.63, 3.8) is 0 Å². The first-order valence-corrected chi connectivity index (χ1v) is 8.84. The van der Waals surface area contributed by atoms with Gasteiger partial charge >= 0.3 is 0 Å². The zero-order chi connectivity index (χ0) is 17.8. The van der Waals surface area contributed by atoms with Crippen LogP contribution in [0.4, 0.5) is 0 Å². The van der Waals surface area contributed by atoms with Gasteiger partial charge in [-0.05, 0) is 48.5 Å². The molecule has 2 aromatic carbocycles. The molecule has 6 heteroatoms. The Labute approximate surface area is 156 Å². The van der Waals surface area contributed by atoms with Gasteiger partial charge in [0.2, 0.25) is 0 Å². The van der Waals surface area contributed by atoms with Crippen molar-refractivity contribution in [2.45, 2.75) is 0 Å². The molecule has 130 valence electrons. The van der Waals surface area contributed by atoms with Crippen LogP contribution in [0.25, 0.3) is 0 Å². The van der Waals surface area contributed by atoms with E-state index in [1.54, 1.807) is 48.5 Å². The summed E-state index contributed by atoms with van der Waals surface area (Å²) in [5, 5.41) is 1.23. The predicted octanol–water partition coefficient (Wildman–Crippen LogP) is 3.63. The van der Waals surface area contributed by atoms with Gasteiger partial charge in [0.15, 0.2) is 5.78 Å². The molecule has 25 heavy (non-hydrogen) atoms. The first-order valence-electron chi connectivity index (χ1n) is 8.09. The Bertz CT molecular complexity index is 752. The Morgan fingerprint density at radius 3 is 1.76 bits per heavy atom. The number of hydrogen-bond acceptors (Lipinski definition) is 3. The lowest BCUT2D eigenvalue weighted by Crippen LogP contribution is -2.49. The van der Waals surface area contributed by atoms with Crippen LogP contribution in [0.15, 0.2) is 48.5 Å². The van der Waals surface area contributed by atoms with E-state index in [1.165, 1.54) is 0 Å². The fourth-order valence-corrected chi connectivity index (χ4v) is 3.07. The summed E-state index contributed by atoms with van der Waals surface area (Å²) in [5.41, 5.74) is 1.29. The van der Waals surface area contributed by atoms with Crippen molar-refractivity contribution in [1.82, 2.24) is 9.80 Å². The van der Waals surface area contributed by atoms with E-state index >= 15 is 0 Å². The van der Waals surface area contributed by atoms with Gasteiger partial charge < -0.3 is 4.90 Å². The van der Waals surface area contributed by atoms with E-state index in [1.807, 2.05) is 4.90 Å². The van der Waals surface area contributed by atoms with Gasteiger partial charge in [-0.15, -0.1) is 0 Å². The smallest absolute Gasteiger partial charge is 0.253 e. The number of carbonyl (C=O) groups excluding carboxylic acids is 2. The average Bonchev–Trinajstić information content (AvgIpc) is 2.63. The van der Waals surface area contributed by atoms with Gasteiger partial charge in [-0.2, -0.15) is 0 Å². The summed E-state index contributed by atoms with van der Waals surface area (Å²) in [6.45, 7) is 2.92. The first kappa shape index (κ1) is 17.9. The topological polar surface area (TPSA) is 40.6 Å². The van der Waals surface area contributed by atoms with E-state index in [0.717, 1.165) is 0 Å². The van der Waals surface area contributed by atoms with Crippen LogP contribution < -0.4 is 0 Å². The van der Waals surface area contributed by atoms with Crippen molar-refractivity contribution in [3.8, 4) is 0 Å². The van der Waals surface area contributed by atoms with Crippen molar-refractivity contribution in [2.24, 2.45) is 0 Å². The fraction of sp³-hybridized carbons (Fsp3) is 0.263. The van der Waals surface area contributed by atoms with Crippen LogP contribution in [-0.2, 0) is 0 Å². The minimum absolute atomic E-state index is 0.000319. The standard InChI is InChI=1S/C19H18Cl2N2O2/c20-16-5-1-14(2-6-16)18(24)13-22-9-11-23(12-10-22)19(25)15-3-7-17(21)8-4-15/h1-8H,9-13H2. The summed E-state index contributed by atoms with van der Waals surface area (Å²) in [4.78, 5) is 28.7. The highest BCUT2D eigenvalue weighted by Crippen LogP contribution is 2.14. The summed E-state index contributed by atoms with van der Waals surface area (Å²) in [7, 11) is 0. The molecule has 0 bridgehead atoms. The molecule has 0 saturated carbocycles. The minimum atomic E-state index is 0.000319. The lowest BCUT2D eigenvalue weighted by Gasteiger charge is -2.34. The van der Waals surface area contributed by atoms with E-state index in [0.29, 0.717) is 53.9 Å². The Kier molecular flexibility index (Phi) is 5.74. The molecule has 2 aromatic rings. The van der Waals surface area contributed by atoms with E-state index in [-0.39, 0.29) is 11.7 Å². The molecule has 1 aliphatic rings. The van der Waals surface area contributed by atoms with Crippen LogP contribution in [0, 0.1) is 0 Å². The molecule has 0 N–H and O–H groups in total. The van der Waals surface area contributed by atoms with E-state index in [4.69, 9.17) is 23.2 Å². The highest BCUT2D eigenvalue weighted by Gasteiger charge is 2.23. The predicted molar refractivity (Wildman–Crippen MR) is 99.6 cm³/mol. The average molecular weight is 377 g/mol. The lowest BCUT2D eigenvalue weighted by molar-refractivity contribution is 0.0624. The molecule has 1 saturated heterocycles. The normalized spacial score (nSPS) is 15.2. The maximum atomic E-state index is 12.5. The van der Waals surface area contributed by atoms with Crippen LogP contribution in [0.5, 0.6) is 0 Å². The molecule has 1 amide bonds. The van der Waals surface area contributed by atoms with Crippen molar-refractivity contribution in [3.05, 3.63) is 69.7 Å². The summed E-state index contributed by atoms with van der Waals surface area (Å²) in [5.74, 6) is 0.0643. The number of carbonyl (C=O) groups is 2. The number of rotatable bonds is 4.